The summed E-state index contributed by atoms with van der Waals surface area (Å²) in [5, 5.41) is 2.44. The van der Waals surface area contributed by atoms with Crippen molar-refractivity contribution in [3.8, 4) is 0 Å². The molecule has 0 spiro atoms. The van der Waals surface area contributed by atoms with Crippen molar-refractivity contribution in [2.24, 2.45) is 17.8 Å². The van der Waals surface area contributed by atoms with Gasteiger partial charge in [-0.3, -0.25) is 14.9 Å². The van der Waals surface area contributed by atoms with Crippen LogP contribution in [0.25, 0.3) is 0 Å². The molecule has 2 aliphatic heterocycles. The van der Waals surface area contributed by atoms with Gasteiger partial charge in [-0.1, -0.05) is 13.8 Å². The van der Waals surface area contributed by atoms with Crippen molar-refractivity contribution in [3.05, 3.63) is 0 Å². The van der Waals surface area contributed by atoms with Gasteiger partial charge in [0.15, 0.2) is 0 Å². The van der Waals surface area contributed by atoms with E-state index in [4.69, 9.17) is 4.74 Å². The number of nitrogens with one attached hydrogen (secondary N) is 1. The molecule has 96 valence electrons. The summed E-state index contributed by atoms with van der Waals surface area (Å²) in [7, 11) is 0. The predicted octanol–water partition coefficient (Wildman–Crippen LogP) is 1.49. The first-order valence-corrected chi connectivity index (χ1v) is 6.48. The summed E-state index contributed by atoms with van der Waals surface area (Å²) in [6, 6.07) is 0. The van der Waals surface area contributed by atoms with Gasteiger partial charge in [-0.05, 0) is 25.7 Å². The molecule has 2 saturated heterocycles. The quantitative estimate of drug-likeness (QED) is 0.743. The number of imide groups is 1. The highest BCUT2D eigenvalue weighted by Gasteiger charge is 2.44. The number of rotatable bonds is 2. The lowest BCUT2D eigenvalue weighted by Gasteiger charge is -2.35. The number of carbonyl (C=O) groups excluding carboxylic acids is 2. The molecule has 2 heterocycles. The summed E-state index contributed by atoms with van der Waals surface area (Å²) in [5.41, 5.74) is 0. The summed E-state index contributed by atoms with van der Waals surface area (Å²) >= 11 is 0. The molecule has 0 radical (unpaired) electrons. The topological polar surface area (TPSA) is 55.4 Å². The Hall–Kier alpha value is -0.900. The van der Waals surface area contributed by atoms with Crippen molar-refractivity contribution >= 4 is 11.8 Å². The van der Waals surface area contributed by atoms with E-state index in [1.54, 1.807) is 0 Å². The molecule has 2 amide bonds. The van der Waals surface area contributed by atoms with Gasteiger partial charge < -0.3 is 4.74 Å². The molecule has 4 heteroatoms. The maximum absolute atomic E-state index is 11.9. The predicted molar refractivity (Wildman–Crippen MR) is 63.2 cm³/mol. The normalized spacial score (nSPS) is 38.6. The van der Waals surface area contributed by atoms with E-state index in [1.807, 2.05) is 13.8 Å². The fourth-order valence-electron chi connectivity index (χ4n) is 3.12. The highest BCUT2D eigenvalue weighted by molar-refractivity contribution is 5.99. The van der Waals surface area contributed by atoms with Crippen LogP contribution in [0.1, 0.15) is 40.0 Å². The van der Waals surface area contributed by atoms with Gasteiger partial charge in [0.2, 0.25) is 11.8 Å². The number of ether oxygens (including phenoxy) is 1. The van der Waals surface area contributed by atoms with Crippen molar-refractivity contribution in [3.63, 3.8) is 0 Å². The highest BCUT2D eigenvalue weighted by atomic mass is 16.5. The van der Waals surface area contributed by atoms with Crippen LogP contribution < -0.4 is 5.32 Å². The summed E-state index contributed by atoms with van der Waals surface area (Å²) < 4.78 is 5.85. The number of hydrogen-bond donors (Lipinski definition) is 1. The van der Waals surface area contributed by atoms with Crippen LogP contribution in [0.5, 0.6) is 0 Å². The largest absolute Gasteiger partial charge is 0.375 e. The molecule has 1 N–H and O–H groups in total. The van der Waals surface area contributed by atoms with Crippen LogP contribution in [0, 0.1) is 17.8 Å². The molecular formula is C13H21NO3. The van der Waals surface area contributed by atoms with E-state index in [2.05, 4.69) is 12.2 Å². The van der Waals surface area contributed by atoms with Gasteiger partial charge in [0, 0.05) is 18.3 Å². The number of piperidine rings is 1. The molecule has 0 aromatic heterocycles. The second-order valence-corrected chi connectivity index (χ2v) is 5.61. The fourth-order valence-corrected chi connectivity index (χ4v) is 3.12. The number of carbonyl (C=O) groups is 2. The van der Waals surface area contributed by atoms with E-state index in [0.717, 1.165) is 12.8 Å². The Kier molecular flexibility index (Phi) is 3.52. The lowest BCUT2D eigenvalue weighted by Crippen LogP contribution is -2.51. The van der Waals surface area contributed by atoms with E-state index in [1.165, 1.54) is 0 Å². The van der Waals surface area contributed by atoms with Crippen LogP contribution in [0.4, 0.5) is 0 Å². The van der Waals surface area contributed by atoms with Gasteiger partial charge in [-0.25, -0.2) is 0 Å². The van der Waals surface area contributed by atoms with Gasteiger partial charge >= 0.3 is 0 Å². The lowest BCUT2D eigenvalue weighted by atomic mass is 9.75. The maximum atomic E-state index is 11.9. The van der Waals surface area contributed by atoms with Crippen LogP contribution >= 0.6 is 0 Å². The molecule has 0 bridgehead atoms. The summed E-state index contributed by atoms with van der Waals surface area (Å²) in [6.07, 6.45) is 2.75. The van der Waals surface area contributed by atoms with Crippen LogP contribution in [-0.2, 0) is 14.3 Å². The van der Waals surface area contributed by atoms with Crippen LogP contribution in [0.3, 0.4) is 0 Å². The van der Waals surface area contributed by atoms with Crippen molar-refractivity contribution in [1.82, 2.24) is 5.32 Å². The fraction of sp³-hybridized carbons (Fsp3) is 0.846. The van der Waals surface area contributed by atoms with E-state index in [0.29, 0.717) is 6.42 Å². The van der Waals surface area contributed by atoms with Crippen LogP contribution in [0.15, 0.2) is 0 Å². The van der Waals surface area contributed by atoms with Gasteiger partial charge in [0.25, 0.3) is 0 Å². The molecule has 0 aliphatic carbocycles. The van der Waals surface area contributed by atoms with Gasteiger partial charge in [0.05, 0.1) is 12.2 Å². The van der Waals surface area contributed by atoms with E-state index in [-0.39, 0.29) is 41.8 Å². The average Bonchev–Trinajstić information content (AvgIpc) is 2.62. The zero-order chi connectivity index (χ0) is 12.6. The van der Waals surface area contributed by atoms with Gasteiger partial charge in [-0.2, -0.15) is 0 Å². The molecule has 2 fully saturated rings. The molecule has 17 heavy (non-hydrogen) atoms. The molecule has 2 rings (SSSR count). The second-order valence-electron chi connectivity index (χ2n) is 5.61. The van der Waals surface area contributed by atoms with Crippen molar-refractivity contribution in [1.29, 1.82) is 0 Å². The Balaban J connectivity index is 2.15. The lowest BCUT2D eigenvalue weighted by molar-refractivity contribution is -0.144. The number of amides is 2. The molecule has 4 nitrogen and oxygen atoms in total. The SMILES string of the molecule is CC1CCC(C2CC(=O)NC(=O)C2C(C)C)O1. The van der Waals surface area contributed by atoms with Crippen molar-refractivity contribution in [2.75, 3.05) is 0 Å². The molecular weight excluding hydrogens is 218 g/mol. The summed E-state index contributed by atoms with van der Waals surface area (Å²) in [6.45, 7) is 6.12. The Morgan fingerprint density at radius 2 is 2.00 bits per heavy atom. The third kappa shape index (κ3) is 2.51. The molecule has 4 unspecified atom stereocenters. The van der Waals surface area contributed by atoms with Crippen LogP contribution in [0.2, 0.25) is 0 Å². The average molecular weight is 239 g/mol. The van der Waals surface area contributed by atoms with E-state index >= 15 is 0 Å². The highest BCUT2D eigenvalue weighted by Crippen LogP contribution is 2.36. The Labute approximate surface area is 102 Å². The van der Waals surface area contributed by atoms with E-state index < -0.39 is 0 Å². The van der Waals surface area contributed by atoms with Gasteiger partial charge in [0.1, 0.15) is 0 Å². The Bertz CT molecular complexity index is 327. The monoisotopic (exact) mass is 239 g/mol. The molecule has 0 aromatic carbocycles. The second kappa shape index (κ2) is 4.77. The standard InChI is InChI=1S/C13H21NO3/c1-7(2)12-9(6-11(15)14-13(12)16)10-5-4-8(3)17-10/h7-10,12H,4-6H2,1-3H3,(H,14,15,16). The molecule has 2 aliphatic rings. The Morgan fingerprint density at radius 1 is 1.29 bits per heavy atom. The molecule has 0 saturated carbocycles. The third-order valence-corrected chi connectivity index (χ3v) is 3.91. The van der Waals surface area contributed by atoms with Crippen molar-refractivity contribution < 1.29 is 14.3 Å². The van der Waals surface area contributed by atoms with Crippen LogP contribution in [-0.4, -0.2) is 24.0 Å². The maximum Gasteiger partial charge on any atom is 0.230 e. The molecule has 4 atom stereocenters. The first kappa shape index (κ1) is 12.6. The summed E-state index contributed by atoms with van der Waals surface area (Å²) in [4.78, 5) is 23.4. The smallest absolute Gasteiger partial charge is 0.230 e. The first-order chi connectivity index (χ1) is 7.99. The Morgan fingerprint density at radius 3 is 2.53 bits per heavy atom. The minimum absolute atomic E-state index is 0.0567. The van der Waals surface area contributed by atoms with E-state index in [9.17, 15) is 9.59 Å². The zero-order valence-electron chi connectivity index (χ0n) is 10.7. The minimum atomic E-state index is -0.153. The minimum Gasteiger partial charge on any atom is -0.375 e. The number of hydrogen-bond acceptors (Lipinski definition) is 3. The van der Waals surface area contributed by atoms with Crippen molar-refractivity contribution in [2.45, 2.75) is 52.2 Å². The van der Waals surface area contributed by atoms with Gasteiger partial charge in [-0.15, -0.1) is 0 Å². The molecule has 0 aromatic rings. The first-order valence-electron chi connectivity index (χ1n) is 6.48. The zero-order valence-corrected chi connectivity index (χ0v) is 10.7. The third-order valence-electron chi connectivity index (χ3n) is 3.91. The summed E-state index contributed by atoms with van der Waals surface area (Å²) in [5.74, 6) is -0.0683.